The monoisotopic (exact) mass is 417 g/mol. The Morgan fingerprint density at radius 1 is 1.19 bits per heavy atom. The number of aromatic carboxylic acids is 1. The maximum Gasteiger partial charge on any atom is 0.371 e. The van der Waals surface area contributed by atoms with Crippen LogP contribution >= 0.6 is 31.9 Å². The van der Waals surface area contributed by atoms with Gasteiger partial charge in [-0.3, -0.25) is 4.79 Å². The molecular formula is C13H9Br2NO5. The molecule has 2 N–H and O–H groups in total. The van der Waals surface area contributed by atoms with Crippen LogP contribution in [0.2, 0.25) is 0 Å². The quantitative estimate of drug-likeness (QED) is 0.788. The number of benzene rings is 1. The Morgan fingerprint density at radius 3 is 2.43 bits per heavy atom. The number of hydrogen-bond donors (Lipinski definition) is 2. The number of carboxylic acid groups (broad SMARTS) is 1. The second-order valence-corrected chi connectivity index (χ2v) is 5.60. The number of rotatable bonds is 4. The largest absolute Gasteiger partial charge is 0.495 e. The first-order chi connectivity index (χ1) is 9.92. The summed E-state index contributed by atoms with van der Waals surface area (Å²) in [6.45, 7) is 0. The van der Waals surface area contributed by atoms with Gasteiger partial charge >= 0.3 is 5.97 Å². The van der Waals surface area contributed by atoms with Crippen LogP contribution in [0, 0.1) is 0 Å². The van der Waals surface area contributed by atoms with Crippen molar-refractivity contribution in [2.24, 2.45) is 0 Å². The van der Waals surface area contributed by atoms with Crippen molar-refractivity contribution >= 4 is 49.4 Å². The smallest absolute Gasteiger partial charge is 0.371 e. The molecule has 0 saturated heterocycles. The number of carboxylic acids is 1. The van der Waals surface area contributed by atoms with E-state index >= 15 is 0 Å². The van der Waals surface area contributed by atoms with Crippen molar-refractivity contribution in [1.82, 2.24) is 0 Å². The minimum atomic E-state index is -1.24. The zero-order chi connectivity index (χ0) is 15.6. The third-order valence-corrected chi connectivity index (χ3v) is 3.81. The lowest BCUT2D eigenvalue weighted by molar-refractivity contribution is 0.0660. The standard InChI is InChI=1S/C13H9Br2NO5/c1-20-11-5-8(6(14)4-7(11)15)16-12(17)9-2-3-10(21-9)13(18)19/h2-5H,1H3,(H,16,17)(H,18,19). The van der Waals surface area contributed by atoms with Crippen molar-refractivity contribution in [3.8, 4) is 5.75 Å². The molecule has 0 aliphatic heterocycles. The highest BCUT2D eigenvalue weighted by molar-refractivity contribution is 9.11. The van der Waals surface area contributed by atoms with Crippen molar-refractivity contribution in [2.75, 3.05) is 12.4 Å². The predicted octanol–water partition coefficient (Wildman–Crippen LogP) is 3.76. The molecule has 0 bridgehead atoms. The van der Waals surface area contributed by atoms with Crippen molar-refractivity contribution in [3.63, 3.8) is 0 Å². The van der Waals surface area contributed by atoms with Crippen LogP contribution in [0.3, 0.4) is 0 Å². The highest BCUT2D eigenvalue weighted by atomic mass is 79.9. The van der Waals surface area contributed by atoms with Gasteiger partial charge in [0.2, 0.25) is 5.76 Å². The van der Waals surface area contributed by atoms with Gasteiger partial charge in [-0.25, -0.2) is 4.79 Å². The van der Waals surface area contributed by atoms with Crippen molar-refractivity contribution in [3.05, 3.63) is 44.7 Å². The van der Waals surface area contributed by atoms with Gasteiger partial charge in [0, 0.05) is 10.5 Å². The Labute approximate surface area is 136 Å². The molecule has 1 aromatic carbocycles. The first-order valence-electron chi connectivity index (χ1n) is 5.60. The number of furan rings is 1. The molecule has 0 radical (unpaired) electrons. The second-order valence-electron chi connectivity index (χ2n) is 3.89. The summed E-state index contributed by atoms with van der Waals surface area (Å²) in [5.74, 6) is -1.65. The first kappa shape index (κ1) is 15.6. The molecule has 2 aromatic rings. The Kier molecular flexibility index (Phi) is 4.69. The SMILES string of the molecule is COc1cc(NC(=O)c2ccc(C(=O)O)o2)c(Br)cc1Br. The number of carbonyl (C=O) groups excluding carboxylic acids is 1. The second kappa shape index (κ2) is 6.31. The van der Waals surface area contributed by atoms with Gasteiger partial charge in [0.15, 0.2) is 5.76 Å². The summed E-state index contributed by atoms with van der Waals surface area (Å²) in [7, 11) is 1.51. The lowest BCUT2D eigenvalue weighted by atomic mass is 10.3. The van der Waals surface area contributed by atoms with E-state index in [2.05, 4.69) is 37.2 Å². The summed E-state index contributed by atoms with van der Waals surface area (Å²) in [6.07, 6.45) is 0. The molecule has 0 unspecified atom stereocenters. The Morgan fingerprint density at radius 2 is 1.86 bits per heavy atom. The van der Waals surface area contributed by atoms with Crippen LogP contribution in [0.25, 0.3) is 0 Å². The third-order valence-electron chi connectivity index (χ3n) is 2.53. The molecule has 110 valence electrons. The average molecular weight is 419 g/mol. The number of anilines is 1. The topological polar surface area (TPSA) is 88.8 Å². The molecule has 1 aromatic heterocycles. The van der Waals surface area contributed by atoms with Crippen LogP contribution in [0.1, 0.15) is 21.1 Å². The van der Waals surface area contributed by atoms with Crippen LogP contribution in [-0.4, -0.2) is 24.1 Å². The Hall–Kier alpha value is -1.80. The van der Waals surface area contributed by atoms with Crippen LogP contribution in [0.15, 0.2) is 37.6 Å². The number of halogens is 2. The summed E-state index contributed by atoms with van der Waals surface area (Å²) in [5, 5.41) is 11.4. The van der Waals surface area contributed by atoms with Gasteiger partial charge in [-0.2, -0.15) is 0 Å². The molecule has 0 aliphatic carbocycles. The van der Waals surface area contributed by atoms with Gasteiger partial charge < -0.3 is 19.6 Å². The molecular weight excluding hydrogens is 410 g/mol. The highest BCUT2D eigenvalue weighted by Crippen LogP contribution is 2.34. The zero-order valence-corrected chi connectivity index (χ0v) is 13.8. The van der Waals surface area contributed by atoms with E-state index in [0.29, 0.717) is 15.9 Å². The maximum absolute atomic E-state index is 12.0. The van der Waals surface area contributed by atoms with Crippen molar-refractivity contribution in [1.29, 1.82) is 0 Å². The number of ether oxygens (including phenoxy) is 1. The number of nitrogens with one attached hydrogen (secondary N) is 1. The molecule has 8 heteroatoms. The fourth-order valence-electron chi connectivity index (χ4n) is 1.54. The zero-order valence-electron chi connectivity index (χ0n) is 10.6. The Balaban J connectivity index is 2.24. The summed E-state index contributed by atoms with van der Waals surface area (Å²) in [6, 6.07) is 5.85. The molecule has 0 aliphatic rings. The molecule has 2 rings (SSSR count). The lowest BCUT2D eigenvalue weighted by Gasteiger charge is -2.10. The summed E-state index contributed by atoms with van der Waals surface area (Å²) in [5.41, 5.74) is 0.466. The molecule has 6 nitrogen and oxygen atoms in total. The molecule has 1 heterocycles. The predicted molar refractivity (Wildman–Crippen MR) is 82.0 cm³/mol. The third kappa shape index (κ3) is 3.45. The van der Waals surface area contributed by atoms with E-state index in [9.17, 15) is 9.59 Å². The van der Waals surface area contributed by atoms with Gasteiger partial charge in [-0.1, -0.05) is 0 Å². The lowest BCUT2D eigenvalue weighted by Crippen LogP contribution is -2.11. The van der Waals surface area contributed by atoms with E-state index in [0.717, 1.165) is 4.47 Å². The molecule has 0 spiro atoms. The van der Waals surface area contributed by atoms with Gasteiger partial charge in [-0.15, -0.1) is 0 Å². The average Bonchev–Trinajstić information content (AvgIpc) is 2.91. The minimum Gasteiger partial charge on any atom is -0.495 e. The normalized spacial score (nSPS) is 10.2. The van der Waals surface area contributed by atoms with E-state index in [1.165, 1.54) is 19.2 Å². The van der Waals surface area contributed by atoms with E-state index < -0.39 is 11.9 Å². The number of methoxy groups -OCH3 is 1. The molecule has 0 saturated carbocycles. The van der Waals surface area contributed by atoms with Crippen molar-refractivity contribution < 1.29 is 23.8 Å². The van der Waals surface area contributed by atoms with Crippen LogP contribution < -0.4 is 10.1 Å². The first-order valence-corrected chi connectivity index (χ1v) is 7.18. The fourth-order valence-corrected chi connectivity index (χ4v) is 2.80. The highest BCUT2D eigenvalue weighted by Gasteiger charge is 2.17. The Bertz CT molecular complexity index is 711. The van der Waals surface area contributed by atoms with Crippen molar-refractivity contribution in [2.45, 2.75) is 0 Å². The van der Waals surface area contributed by atoms with E-state index in [4.69, 9.17) is 14.3 Å². The van der Waals surface area contributed by atoms with Gasteiger partial charge in [-0.05, 0) is 50.1 Å². The van der Waals surface area contributed by atoms with Gasteiger partial charge in [0.1, 0.15) is 5.75 Å². The van der Waals surface area contributed by atoms with Crippen LogP contribution in [0.4, 0.5) is 5.69 Å². The molecule has 1 amide bonds. The fraction of sp³-hybridized carbons (Fsp3) is 0.0769. The van der Waals surface area contributed by atoms with E-state index in [-0.39, 0.29) is 11.5 Å². The minimum absolute atomic E-state index is 0.0961. The van der Waals surface area contributed by atoms with E-state index in [1.54, 1.807) is 12.1 Å². The van der Waals surface area contributed by atoms with Gasteiger partial charge in [0.25, 0.3) is 5.91 Å². The number of carbonyl (C=O) groups is 2. The summed E-state index contributed by atoms with van der Waals surface area (Å²) >= 11 is 6.64. The number of amides is 1. The van der Waals surface area contributed by atoms with Crippen LogP contribution in [0.5, 0.6) is 5.75 Å². The number of hydrogen-bond acceptors (Lipinski definition) is 4. The molecule has 0 atom stereocenters. The van der Waals surface area contributed by atoms with Gasteiger partial charge in [0.05, 0.1) is 17.3 Å². The molecule has 0 fully saturated rings. The van der Waals surface area contributed by atoms with Crippen LogP contribution in [-0.2, 0) is 0 Å². The summed E-state index contributed by atoms with van der Waals surface area (Å²) < 4.78 is 11.4. The summed E-state index contributed by atoms with van der Waals surface area (Å²) in [4.78, 5) is 22.7. The van der Waals surface area contributed by atoms with E-state index in [1.807, 2.05) is 0 Å². The maximum atomic E-state index is 12.0. The molecule has 21 heavy (non-hydrogen) atoms.